The van der Waals surface area contributed by atoms with Crippen LogP contribution < -0.4 is 4.74 Å². The van der Waals surface area contributed by atoms with Crippen LogP contribution in [0.1, 0.15) is 57.7 Å². The number of alkyl halides is 1. The number of hydrogen-bond acceptors (Lipinski definition) is 2. The van der Waals surface area contributed by atoms with Gasteiger partial charge < -0.3 is 9.30 Å². The van der Waals surface area contributed by atoms with Gasteiger partial charge in [-0.1, -0.05) is 32.8 Å². The smallest absolute Gasteiger partial charge is 0.147 e. The maximum atomic E-state index is 6.33. The van der Waals surface area contributed by atoms with Crippen molar-refractivity contribution in [3.8, 4) is 5.75 Å². The minimum absolute atomic E-state index is 0.0990. The second-order valence-electron chi connectivity index (χ2n) is 5.42. The predicted octanol–water partition coefficient (Wildman–Crippen LogP) is 5.32. The highest BCUT2D eigenvalue weighted by Crippen LogP contribution is 2.30. The Morgan fingerprint density at radius 1 is 1.24 bits per heavy atom. The van der Waals surface area contributed by atoms with E-state index < -0.39 is 0 Å². The molecule has 1 atom stereocenters. The summed E-state index contributed by atoms with van der Waals surface area (Å²) in [6, 6.07) is 6.13. The molecule has 0 aliphatic heterocycles. The monoisotopic (exact) mass is 308 g/mol. The van der Waals surface area contributed by atoms with E-state index in [1.807, 2.05) is 19.1 Å². The molecule has 0 saturated heterocycles. The highest BCUT2D eigenvalue weighted by molar-refractivity contribution is 6.20. The number of nitrogens with zero attached hydrogens (tertiary/aromatic N) is 2. The van der Waals surface area contributed by atoms with Crippen LogP contribution in [0.4, 0.5) is 0 Å². The summed E-state index contributed by atoms with van der Waals surface area (Å²) in [5, 5.41) is -0.0990. The van der Waals surface area contributed by atoms with Crippen molar-refractivity contribution in [2.75, 3.05) is 6.61 Å². The fraction of sp³-hybridized carbons (Fsp3) is 0.588. The summed E-state index contributed by atoms with van der Waals surface area (Å²) in [6.07, 6.45) is 4.58. The first-order valence-corrected chi connectivity index (χ1v) is 8.38. The van der Waals surface area contributed by atoms with Crippen LogP contribution in [0.15, 0.2) is 18.2 Å². The quantitative estimate of drug-likeness (QED) is 0.488. The van der Waals surface area contributed by atoms with Crippen LogP contribution in [0.2, 0.25) is 0 Å². The van der Waals surface area contributed by atoms with Crippen molar-refractivity contribution in [3.05, 3.63) is 24.0 Å². The third-order valence-electron chi connectivity index (χ3n) is 3.57. The van der Waals surface area contributed by atoms with Crippen molar-refractivity contribution >= 4 is 22.6 Å². The van der Waals surface area contributed by atoms with Crippen LogP contribution in [-0.2, 0) is 6.54 Å². The van der Waals surface area contributed by atoms with Gasteiger partial charge in [-0.3, -0.25) is 0 Å². The van der Waals surface area contributed by atoms with Gasteiger partial charge in [0.15, 0.2) is 0 Å². The highest BCUT2D eigenvalue weighted by Gasteiger charge is 2.17. The van der Waals surface area contributed by atoms with E-state index >= 15 is 0 Å². The van der Waals surface area contributed by atoms with Gasteiger partial charge >= 0.3 is 0 Å². The van der Waals surface area contributed by atoms with Crippen molar-refractivity contribution < 1.29 is 4.74 Å². The van der Waals surface area contributed by atoms with Crippen LogP contribution in [0.25, 0.3) is 11.0 Å². The Kier molecular flexibility index (Phi) is 5.92. The van der Waals surface area contributed by atoms with E-state index in [1.165, 1.54) is 12.8 Å². The zero-order valence-electron chi connectivity index (χ0n) is 13.2. The average Bonchev–Trinajstić information content (AvgIpc) is 2.85. The van der Waals surface area contributed by atoms with Crippen molar-refractivity contribution in [2.24, 2.45) is 0 Å². The lowest BCUT2D eigenvalue weighted by Gasteiger charge is -2.10. The van der Waals surface area contributed by atoms with Gasteiger partial charge in [0, 0.05) is 6.54 Å². The van der Waals surface area contributed by atoms with E-state index in [9.17, 15) is 0 Å². The van der Waals surface area contributed by atoms with Crippen molar-refractivity contribution in [3.63, 3.8) is 0 Å². The Balaban J connectivity index is 2.41. The normalized spacial score (nSPS) is 12.8. The van der Waals surface area contributed by atoms with E-state index in [1.54, 1.807) is 0 Å². The first-order valence-electron chi connectivity index (χ1n) is 7.95. The number of hydrogen-bond donors (Lipinski definition) is 0. The molecule has 0 aliphatic carbocycles. The van der Waals surface area contributed by atoms with Gasteiger partial charge in [0.05, 0.1) is 17.5 Å². The number of ether oxygens (including phenoxy) is 1. The molecule has 116 valence electrons. The van der Waals surface area contributed by atoms with E-state index in [-0.39, 0.29) is 5.38 Å². The zero-order valence-corrected chi connectivity index (χ0v) is 14.0. The average molecular weight is 309 g/mol. The second-order valence-corrected chi connectivity index (χ2v) is 6.07. The molecule has 0 saturated carbocycles. The number of fused-ring (bicyclic) bond motifs is 1. The Bertz CT molecular complexity index is 577. The third-order valence-corrected chi connectivity index (χ3v) is 3.77. The molecule has 21 heavy (non-hydrogen) atoms. The summed E-state index contributed by atoms with van der Waals surface area (Å²) in [4.78, 5) is 4.75. The molecule has 1 aromatic carbocycles. The number of halogens is 1. The van der Waals surface area contributed by atoms with E-state index in [4.69, 9.17) is 21.3 Å². The summed E-state index contributed by atoms with van der Waals surface area (Å²) in [7, 11) is 0. The van der Waals surface area contributed by atoms with E-state index in [0.717, 1.165) is 42.0 Å². The van der Waals surface area contributed by atoms with Crippen LogP contribution in [0.5, 0.6) is 5.75 Å². The summed E-state index contributed by atoms with van der Waals surface area (Å²) in [5.41, 5.74) is 2.06. The number of aryl methyl sites for hydroxylation is 1. The molecule has 0 fully saturated rings. The number of imidazole rings is 1. The Morgan fingerprint density at radius 3 is 2.71 bits per heavy atom. The molecule has 0 radical (unpaired) electrons. The lowest BCUT2D eigenvalue weighted by Crippen LogP contribution is -2.04. The molecule has 0 N–H and O–H groups in total. The Hall–Kier alpha value is -1.22. The van der Waals surface area contributed by atoms with Gasteiger partial charge in [-0.2, -0.15) is 0 Å². The summed E-state index contributed by atoms with van der Waals surface area (Å²) >= 11 is 6.33. The third kappa shape index (κ3) is 3.70. The molecule has 1 heterocycles. The standard InChI is InChI=1S/C17H25ClN2O/c1-4-6-7-11-20-14-9-8-10-15(21-12-5-2)16(14)19-17(20)13(3)18/h8-10,13H,4-7,11-12H2,1-3H3. The molecule has 4 heteroatoms. The first-order chi connectivity index (χ1) is 10.2. The van der Waals surface area contributed by atoms with Gasteiger partial charge in [-0.05, 0) is 31.9 Å². The zero-order chi connectivity index (χ0) is 15.2. The number of aromatic nitrogens is 2. The molecule has 0 bridgehead atoms. The lowest BCUT2D eigenvalue weighted by molar-refractivity contribution is 0.320. The largest absolute Gasteiger partial charge is 0.491 e. The van der Waals surface area contributed by atoms with Crippen LogP contribution in [0, 0.1) is 0 Å². The maximum Gasteiger partial charge on any atom is 0.147 e. The van der Waals surface area contributed by atoms with Crippen LogP contribution in [-0.4, -0.2) is 16.2 Å². The second kappa shape index (κ2) is 7.69. The Morgan fingerprint density at radius 2 is 2.05 bits per heavy atom. The molecule has 0 spiro atoms. The topological polar surface area (TPSA) is 27.1 Å². The first kappa shape index (κ1) is 16.2. The summed E-state index contributed by atoms with van der Waals surface area (Å²) in [6.45, 7) is 7.98. The summed E-state index contributed by atoms with van der Waals surface area (Å²) in [5.74, 6) is 1.80. The van der Waals surface area contributed by atoms with E-state index in [0.29, 0.717) is 6.61 Å². The van der Waals surface area contributed by atoms with Crippen molar-refractivity contribution in [1.82, 2.24) is 9.55 Å². The lowest BCUT2D eigenvalue weighted by atomic mass is 10.2. The van der Waals surface area contributed by atoms with E-state index in [2.05, 4.69) is 24.5 Å². The molecule has 3 nitrogen and oxygen atoms in total. The number of rotatable bonds is 8. The number of unbranched alkanes of at least 4 members (excludes halogenated alkanes) is 2. The molecule has 2 rings (SSSR count). The number of para-hydroxylation sites is 1. The highest BCUT2D eigenvalue weighted by atomic mass is 35.5. The van der Waals surface area contributed by atoms with Crippen molar-refractivity contribution in [2.45, 2.75) is 58.4 Å². The van der Waals surface area contributed by atoms with Crippen LogP contribution >= 0.6 is 11.6 Å². The molecule has 0 aliphatic rings. The van der Waals surface area contributed by atoms with Crippen LogP contribution in [0.3, 0.4) is 0 Å². The predicted molar refractivity (Wildman–Crippen MR) is 89.3 cm³/mol. The van der Waals surface area contributed by atoms with Gasteiger partial charge in [0.1, 0.15) is 17.1 Å². The Labute approximate surface area is 132 Å². The maximum absolute atomic E-state index is 6.33. The SMILES string of the molecule is CCCCCn1c(C(C)Cl)nc2c(OCCC)cccc21. The van der Waals surface area contributed by atoms with Gasteiger partial charge in [0.25, 0.3) is 0 Å². The fourth-order valence-corrected chi connectivity index (χ4v) is 2.69. The minimum Gasteiger partial charge on any atom is -0.491 e. The minimum atomic E-state index is -0.0990. The van der Waals surface area contributed by atoms with Crippen molar-refractivity contribution in [1.29, 1.82) is 0 Å². The summed E-state index contributed by atoms with van der Waals surface area (Å²) < 4.78 is 8.07. The molecular formula is C17H25ClN2O. The molecule has 0 amide bonds. The number of benzene rings is 1. The molecule has 1 aromatic heterocycles. The molecular weight excluding hydrogens is 284 g/mol. The van der Waals surface area contributed by atoms with Gasteiger partial charge in [-0.15, -0.1) is 11.6 Å². The van der Waals surface area contributed by atoms with Gasteiger partial charge in [0.2, 0.25) is 0 Å². The van der Waals surface area contributed by atoms with Gasteiger partial charge in [-0.25, -0.2) is 4.98 Å². The fourth-order valence-electron chi connectivity index (χ4n) is 2.53. The molecule has 2 aromatic rings. The molecule has 1 unspecified atom stereocenters.